The fourth-order valence-corrected chi connectivity index (χ4v) is 4.56. The third-order valence-electron chi connectivity index (χ3n) is 5.24. The molecule has 0 bridgehead atoms. The summed E-state index contributed by atoms with van der Waals surface area (Å²) in [5, 5.41) is 3.30. The van der Waals surface area contributed by atoms with Crippen LogP contribution in [-0.4, -0.2) is 32.2 Å². The third kappa shape index (κ3) is 6.96. The van der Waals surface area contributed by atoms with Gasteiger partial charge in [-0.15, -0.1) is 11.3 Å². The average Bonchev–Trinajstić information content (AvgIpc) is 3.19. The number of benzene rings is 2. The normalized spacial score (nSPS) is 10.9. The summed E-state index contributed by atoms with van der Waals surface area (Å²) in [7, 11) is 1.33. The molecule has 1 N–H and O–H groups in total. The van der Waals surface area contributed by atoms with E-state index in [0.717, 1.165) is 45.9 Å². The molecule has 1 amide bonds. The van der Waals surface area contributed by atoms with Crippen molar-refractivity contribution < 1.29 is 23.8 Å². The van der Waals surface area contributed by atoms with Crippen LogP contribution >= 0.6 is 11.3 Å². The Kier molecular flexibility index (Phi) is 9.49. The van der Waals surface area contributed by atoms with Gasteiger partial charge in [0.2, 0.25) is 5.91 Å². The number of thiophene rings is 1. The van der Waals surface area contributed by atoms with E-state index in [1.165, 1.54) is 24.5 Å². The molecule has 1 aromatic heterocycles. The van der Waals surface area contributed by atoms with E-state index < -0.39 is 5.97 Å². The van der Waals surface area contributed by atoms with Crippen LogP contribution in [0.3, 0.4) is 0 Å². The van der Waals surface area contributed by atoms with E-state index >= 15 is 0 Å². The van der Waals surface area contributed by atoms with Gasteiger partial charge in [0.05, 0.1) is 20.3 Å². The van der Waals surface area contributed by atoms with Crippen LogP contribution in [0.1, 0.15) is 47.5 Å². The van der Waals surface area contributed by atoms with Gasteiger partial charge in [-0.25, -0.2) is 4.79 Å². The summed E-state index contributed by atoms with van der Waals surface area (Å²) in [4.78, 5) is 26.3. The zero-order valence-electron chi connectivity index (χ0n) is 20.6. The fourth-order valence-electron chi connectivity index (χ4n) is 3.50. The van der Waals surface area contributed by atoms with Gasteiger partial charge in [-0.05, 0) is 61.7 Å². The lowest BCUT2D eigenvalue weighted by Crippen LogP contribution is -2.11. The highest BCUT2D eigenvalue weighted by atomic mass is 32.1. The zero-order valence-corrected chi connectivity index (χ0v) is 21.4. The molecule has 0 aliphatic carbocycles. The van der Waals surface area contributed by atoms with E-state index in [9.17, 15) is 9.59 Å². The van der Waals surface area contributed by atoms with Crippen molar-refractivity contribution in [2.45, 2.75) is 33.6 Å². The number of methoxy groups -OCH3 is 1. The number of nitrogens with one attached hydrogen (secondary N) is 1. The molecular weight excluding hydrogens is 462 g/mol. The van der Waals surface area contributed by atoms with Crippen molar-refractivity contribution >= 4 is 34.3 Å². The molecule has 0 radical (unpaired) electrons. The molecule has 0 spiro atoms. The predicted molar refractivity (Wildman–Crippen MR) is 142 cm³/mol. The summed E-state index contributed by atoms with van der Waals surface area (Å²) < 4.78 is 16.2. The average molecular weight is 494 g/mol. The van der Waals surface area contributed by atoms with Crippen LogP contribution in [0.25, 0.3) is 17.2 Å². The maximum atomic E-state index is 12.7. The predicted octanol–water partition coefficient (Wildman–Crippen LogP) is 6.74. The minimum absolute atomic E-state index is 0.335. The van der Waals surface area contributed by atoms with E-state index in [1.807, 2.05) is 62.4 Å². The molecule has 0 aliphatic rings. The topological polar surface area (TPSA) is 73.9 Å². The number of amides is 1. The van der Waals surface area contributed by atoms with Crippen LogP contribution in [0.4, 0.5) is 5.00 Å². The Morgan fingerprint density at radius 1 is 0.971 bits per heavy atom. The molecule has 3 rings (SSSR count). The van der Waals surface area contributed by atoms with Crippen LogP contribution in [-0.2, 0) is 9.53 Å². The highest BCUT2D eigenvalue weighted by molar-refractivity contribution is 7.17. The molecule has 1 heterocycles. The Labute approximate surface area is 210 Å². The molecule has 0 saturated carbocycles. The molecule has 0 unspecified atom stereocenters. The summed E-state index contributed by atoms with van der Waals surface area (Å²) in [6.45, 7) is 7.22. The number of anilines is 1. The minimum Gasteiger partial charge on any atom is -0.494 e. The summed E-state index contributed by atoms with van der Waals surface area (Å²) in [5.41, 5.74) is 2.80. The molecule has 0 saturated heterocycles. The van der Waals surface area contributed by atoms with Gasteiger partial charge in [0.15, 0.2) is 0 Å². The minimum atomic E-state index is -0.504. The number of unbranched alkanes of at least 4 members (excludes halogenated alkanes) is 1. The molecule has 6 nitrogen and oxygen atoms in total. The zero-order chi connectivity index (χ0) is 25.2. The van der Waals surface area contributed by atoms with Crippen molar-refractivity contribution in [3.8, 4) is 22.6 Å². The lowest BCUT2D eigenvalue weighted by Gasteiger charge is -2.08. The Balaban J connectivity index is 1.77. The van der Waals surface area contributed by atoms with Crippen LogP contribution in [0, 0.1) is 6.92 Å². The van der Waals surface area contributed by atoms with Crippen molar-refractivity contribution in [3.05, 3.63) is 70.6 Å². The Morgan fingerprint density at radius 3 is 2.26 bits per heavy atom. The van der Waals surface area contributed by atoms with Crippen molar-refractivity contribution in [2.24, 2.45) is 0 Å². The van der Waals surface area contributed by atoms with Gasteiger partial charge in [0.1, 0.15) is 22.1 Å². The van der Waals surface area contributed by atoms with E-state index in [2.05, 4.69) is 12.2 Å². The van der Waals surface area contributed by atoms with Gasteiger partial charge in [0.25, 0.3) is 0 Å². The first-order valence-electron chi connectivity index (χ1n) is 11.6. The lowest BCUT2D eigenvalue weighted by atomic mass is 10.0. The standard InChI is InChI=1S/C28H31NO5S/c1-5-7-18-34-23-13-8-20(9-14-23)10-17-24(30)29-27-26(28(31)32-4)25(19(3)35-27)21-11-15-22(16-12-21)33-6-2/h8-17H,5-7,18H2,1-4H3,(H,29,30)/b17-10+. The van der Waals surface area contributed by atoms with E-state index in [1.54, 1.807) is 6.08 Å². The maximum Gasteiger partial charge on any atom is 0.341 e. The summed E-state index contributed by atoms with van der Waals surface area (Å²) >= 11 is 1.34. The number of aryl methyl sites for hydroxylation is 1. The van der Waals surface area contributed by atoms with Gasteiger partial charge < -0.3 is 19.5 Å². The van der Waals surface area contributed by atoms with E-state index in [-0.39, 0.29) is 5.91 Å². The fraction of sp³-hybridized carbons (Fsp3) is 0.286. The second-order valence-electron chi connectivity index (χ2n) is 7.78. The van der Waals surface area contributed by atoms with Crippen molar-refractivity contribution in [3.63, 3.8) is 0 Å². The van der Waals surface area contributed by atoms with Gasteiger partial charge >= 0.3 is 5.97 Å². The molecule has 3 aromatic rings. The van der Waals surface area contributed by atoms with Gasteiger partial charge in [-0.3, -0.25) is 4.79 Å². The SMILES string of the molecule is CCCCOc1ccc(/C=C/C(=O)Nc2sc(C)c(-c3ccc(OCC)cc3)c2C(=O)OC)cc1. The number of carbonyl (C=O) groups excluding carboxylic acids is 2. The smallest absolute Gasteiger partial charge is 0.341 e. The monoisotopic (exact) mass is 493 g/mol. The van der Waals surface area contributed by atoms with Crippen molar-refractivity contribution in [1.82, 2.24) is 0 Å². The number of carbonyl (C=O) groups is 2. The van der Waals surface area contributed by atoms with Crippen molar-refractivity contribution in [1.29, 1.82) is 0 Å². The van der Waals surface area contributed by atoms with Gasteiger partial charge in [-0.2, -0.15) is 0 Å². The molecule has 0 fully saturated rings. The number of rotatable bonds is 11. The van der Waals surface area contributed by atoms with Crippen LogP contribution in [0.15, 0.2) is 54.6 Å². The van der Waals surface area contributed by atoms with Crippen LogP contribution in [0.2, 0.25) is 0 Å². The number of esters is 1. The quantitative estimate of drug-likeness (QED) is 0.182. The molecular formula is C28H31NO5S. The van der Waals surface area contributed by atoms with Crippen molar-refractivity contribution in [2.75, 3.05) is 25.6 Å². The second-order valence-corrected chi connectivity index (χ2v) is 9.00. The van der Waals surface area contributed by atoms with Gasteiger partial charge in [-0.1, -0.05) is 37.6 Å². The van der Waals surface area contributed by atoms with E-state index in [4.69, 9.17) is 14.2 Å². The maximum absolute atomic E-state index is 12.7. The van der Waals surface area contributed by atoms with Crippen LogP contribution < -0.4 is 14.8 Å². The molecule has 184 valence electrons. The third-order valence-corrected chi connectivity index (χ3v) is 6.26. The molecule has 0 atom stereocenters. The number of hydrogen-bond donors (Lipinski definition) is 1. The first kappa shape index (κ1) is 26.0. The molecule has 35 heavy (non-hydrogen) atoms. The van der Waals surface area contributed by atoms with E-state index in [0.29, 0.717) is 23.8 Å². The Bertz CT molecular complexity index is 1160. The summed E-state index contributed by atoms with van der Waals surface area (Å²) in [6, 6.07) is 15.1. The largest absolute Gasteiger partial charge is 0.494 e. The lowest BCUT2D eigenvalue weighted by molar-refractivity contribution is -0.111. The Hall–Kier alpha value is -3.58. The van der Waals surface area contributed by atoms with Crippen LogP contribution in [0.5, 0.6) is 11.5 Å². The first-order valence-corrected chi connectivity index (χ1v) is 12.4. The highest BCUT2D eigenvalue weighted by Gasteiger charge is 2.24. The Morgan fingerprint density at radius 2 is 1.63 bits per heavy atom. The summed E-state index contributed by atoms with van der Waals surface area (Å²) in [6.07, 6.45) is 5.26. The number of ether oxygens (including phenoxy) is 3. The molecule has 0 aliphatic heterocycles. The second kappa shape index (κ2) is 12.8. The number of hydrogen-bond acceptors (Lipinski definition) is 6. The molecule has 2 aromatic carbocycles. The summed E-state index contributed by atoms with van der Waals surface area (Å²) in [5.74, 6) is 0.718. The highest BCUT2D eigenvalue weighted by Crippen LogP contribution is 2.40. The van der Waals surface area contributed by atoms with Gasteiger partial charge in [0, 0.05) is 16.5 Å². The molecule has 7 heteroatoms. The first-order chi connectivity index (χ1) is 17.0.